The summed E-state index contributed by atoms with van der Waals surface area (Å²) in [5.74, 6) is 4.50. The number of carboxylic acids is 1. The lowest BCUT2D eigenvalue weighted by atomic mass is 9.79. The molecule has 2 heterocycles. The van der Waals surface area contributed by atoms with Crippen molar-refractivity contribution in [3.63, 3.8) is 0 Å². The fraction of sp³-hybridized carbons (Fsp3) is 0.950. The summed E-state index contributed by atoms with van der Waals surface area (Å²) in [5.41, 5.74) is 0. The van der Waals surface area contributed by atoms with Gasteiger partial charge in [-0.15, -0.1) is 0 Å². The molecule has 0 aromatic rings. The molecule has 4 atom stereocenters. The first kappa shape index (κ1) is 19.9. The largest absolute Gasteiger partial charge is 0.481 e. The lowest BCUT2D eigenvalue weighted by Gasteiger charge is -2.28. The first-order valence-electron chi connectivity index (χ1n) is 10.3. The Kier molecular flexibility index (Phi) is 8.32. The maximum atomic E-state index is 10.6. The summed E-state index contributed by atoms with van der Waals surface area (Å²) >= 11 is 4.26. The number of rotatable bonds is 11. The Hall–Kier alpha value is 0.130. The molecule has 0 aromatic heterocycles. The Balaban J connectivity index is 1.33. The molecule has 144 valence electrons. The van der Waals surface area contributed by atoms with Gasteiger partial charge >= 0.3 is 5.97 Å². The lowest BCUT2D eigenvalue weighted by Crippen LogP contribution is -2.29. The molecule has 3 rings (SSSR count). The van der Waals surface area contributed by atoms with Gasteiger partial charge in [-0.05, 0) is 74.0 Å². The highest BCUT2D eigenvalue weighted by atomic mass is 32.2. The second-order valence-corrected chi connectivity index (χ2v) is 10.5. The van der Waals surface area contributed by atoms with Crippen LogP contribution in [0, 0.1) is 11.8 Å². The monoisotopic (exact) mass is 386 g/mol. The van der Waals surface area contributed by atoms with Crippen molar-refractivity contribution in [1.29, 1.82) is 0 Å². The molecule has 3 fully saturated rings. The van der Waals surface area contributed by atoms with Gasteiger partial charge in [-0.3, -0.25) is 4.79 Å². The van der Waals surface area contributed by atoms with E-state index in [-0.39, 0.29) is 0 Å². The van der Waals surface area contributed by atoms with E-state index in [9.17, 15) is 4.79 Å². The molecular formula is C20H34O3S2. The van der Waals surface area contributed by atoms with E-state index in [4.69, 9.17) is 9.84 Å². The van der Waals surface area contributed by atoms with Crippen molar-refractivity contribution in [3.05, 3.63) is 0 Å². The van der Waals surface area contributed by atoms with Crippen LogP contribution in [0.5, 0.6) is 0 Å². The maximum absolute atomic E-state index is 10.6. The number of carbonyl (C=O) groups is 1. The van der Waals surface area contributed by atoms with E-state index in [0.717, 1.165) is 35.7 Å². The van der Waals surface area contributed by atoms with Crippen LogP contribution < -0.4 is 0 Å². The third-order valence-corrected chi connectivity index (χ3v) is 8.80. The van der Waals surface area contributed by atoms with Crippen LogP contribution in [0.2, 0.25) is 0 Å². The van der Waals surface area contributed by atoms with Crippen molar-refractivity contribution in [1.82, 2.24) is 0 Å². The number of ether oxygens (including phenoxy) is 1. The maximum Gasteiger partial charge on any atom is 0.303 e. The van der Waals surface area contributed by atoms with Crippen LogP contribution in [-0.2, 0) is 9.53 Å². The summed E-state index contributed by atoms with van der Waals surface area (Å²) in [6.45, 7) is 0. The third kappa shape index (κ3) is 6.07. The van der Waals surface area contributed by atoms with Gasteiger partial charge < -0.3 is 9.84 Å². The highest BCUT2D eigenvalue weighted by Crippen LogP contribution is 2.47. The van der Waals surface area contributed by atoms with Crippen LogP contribution in [0.25, 0.3) is 0 Å². The number of hydrogen-bond acceptors (Lipinski definition) is 4. The zero-order valence-electron chi connectivity index (χ0n) is 15.4. The number of aliphatic carboxylic acids is 1. The van der Waals surface area contributed by atoms with E-state index in [0.29, 0.717) is 18.6 Å². The number of hydrogen-bond donors (Lipinski definition) is 1. The van der Waals surface area contributed by atoms with Crippen molar-refractivity contribution in [3.8, 4) is 0 Å². The van der Waals surface area contributed by atoms with Gasteiger partial charge in [0.05, 0.1) is 12.2 Å². The molecule has 0 aromatic carbocycles. The zero-order chi connectivity index (χ0) is 17.5. The van der Waals surface area contributed by atoms with Crippen molar-refractivity contribution >= 4 is 29.5 Å². The average Bonchev–Trinajstić information content (AvgIpc) is 3.21. The summed E-state index contributed by atoms with van der Waals surface area (Å²) in [6.07, 6.45) is 14.3. The Morgan fingerprint density at radius 1 is 0.960 bits per heavy atom. The van der Waals surface area contributed by atoms with Gasteiger partial charge in [0.25, 0.3) is 0 Å². The van der Waals surface area contributed by atoms with Gasteiger partial charge in [-0.1, -0.05) is 19.3 Å². The molecule has 1 aliphatic carbocycles. The molecule has 0 spiro atoms. The first-order chi connectivity index (χ1) is 12.2. The van der Waals surface area contributed by atoms with Crippen LogP contribution in [0.1, 0.15) is 70.6 Å². The van der Waals surface area contributed by atoms with E-state index < -0.39 is 5.97 Å². The average molecular weight is 387 g/mol. The van der Waals surface area contributed by atoms with E-state index in [1.165, 1.54) is 62.9 Å². The van der Waals surface area contributed by atoms with E-state index >= 15 is 0 Å². The summed E-state index contributed by atoms with van der Waals surface area (Å²) in [7, 11) is 0. The Labute approximate surface area is 161 Å². The van der Waals surface area contributed by atoms with Crippen LogP contribution in [-0.4, -0.2) is 45.8 Å². The standard InChI is InChI=1S/C20H34O3S2/c21-20(22)8-4-5-12-24-14-17-16(18-9-10-19(17)23-18)11-13-25-15-6-2-1-3-7-15/h15-19H,1-14H2,(H,21,22). The van der Waals surface area contributed by atoms with Crippen LogP contribution >= 0.6 is 23.5 Å². The molecule has 2 aliphatic heterocycles. The van der Waals surface area contributed by atoms with Gasteiger partial charge in [-0.2, -0.15) is 23.5 Å². The molecule has 2 bridgehead atoms. The van der Waals surface area contributed by atoms with Gasteiger partial charge in [0.1, 0.15) is 0 Å². The SMILES string of the molecule is O=C(O)CCCCSCC1C2CCC(O2)C1CCSC1CCCCC1. The Bertz CT molecular complexity index is 412. The predicted molar refractivity (Wildman–Crippen MR) is 108 cm³/mol. The van der Waals surface area contributed by atoms with Crippen LogP contribution in [0.15, 0.2) is 0 Å². The molecule has 1 N–H and O–H groups in total. The van der Waals surface area contributed by atoms with Gasteiger partial charge in [-0.25, -0.2) is 0 Å². The van der Waals surface area contributed by atoms with Crippen molar-refractivity contribution < 1.29 is 14.6 Å². The van der Waals surface area contributed by atoms with Gasteiger partial charge in [0.2, 0.25) is 0 Å². The van der Waals surface area contributed by atoms with Crippen LogP contribution in [0.3, 0.4) is 0 Å². The molecule has 2 saturated heterocycles. The smallest absolute Gasteiger partial charge is 0.303 e. The van der Waals surface area contributed by atoms with Crippen molar-refractivity contribution in [2.24, 2.45) is 11.8 Å². The molecule has 5 heteroatoms. The highest BCUT2D eigenvalue weighted by Gasteiger charge is 2.47. The molecular weight excluding hydrogens is 352 g/mol. The van der Waals surface area contributed by atoms with Crippen molar-refractivity contribution in [2.45, 2.75) is 88.1 Å². The summed E-state index contributed by atoms with van der Waals surface area (Å²) in [4.78, 5) is 10.6. The Morgan fingerprint density at radius 3 is 2.48 bits per heavy atom. The highest BCUT2D eigenvalue weighted by molar-refractivity contribution is 7.99. The predicted octanol–water partition coefficient (Wildman–Crippen LogP) is 5.22. The second-order valence-electron chi connectivity index (χ2n) is 7.96. The van der Waals surface area contributed by atoms with Gasteiger partial charge in [0.15, 0.2) is 0 Å². The van der Waals surface area contributed by atoms with Gasteiger partial charge in [0, 0.05) is 11.7 Å². The number of thioether (sulfide) groups is 2. The molecule has 0 amide bonds. The normalized spacial score (nSPS) is 32.3. The zero-order valence-corrected chi connectivity index (χ0v) is 17.0. The summed E-state index contributed by atoms with van der Waals surface area (Å²) < 4.78 is 6.25. The first-order valence-corrected chi connectivity index (χ1v) is 12.5. The molecule has 25 heavy (non-hydrogen) atoms. The molecule has 3 nitrogen and oxygen atoms in total. The van der Waals surface area contributed by atoms with E-state index in [1.54, 1.807) is 0 Å². The Morgan fingerprint density at radius 2 is 1.72 bits per heavy atom. The quantitative estimate of drug-likeness (QED) is 0.493. The molecule has 3 aliphatic rings. The lowest BCUT2D eigenvalue weighted by molar-refractivity contribution is -0.137. The van der Waals surface area contributed by atoms with E-state index in [2.05, 4.69) is 11.8 Å². The number of carboxylic acid groups (broad SMARTS) is 1. The third-order valence-electron chi connectivity index (χ3n) is 6.19. The summed E-state index contributed by atoms with van der Waals surface area (Å²) in [5, 5.41) is 9.63. The topological polar surface area (TPSA) is 46.5 Å². The van der Waals surface area contributed by atoms with Crippen LogP contribution in [0.4, 0.5) is 0 Å². The molecule has 1 saturated carbocycles. The fourth-order valence-electron chi connectivity index (χ4n) is 4.80. The minimum Gasteiger partial charge on any atom is -0.481 e. The fourth-order valence-corrected chi connectivity index (χ4v) is 7.52. The minimum atomic E-state index is -0.665. The van der Waals surface area contributed by atoms with Crippen molar-refractivity contribution in [2.75, 3.05) is 17.3 Å². The molecule has 4 unspecified atom stereocenters. The van der Waals surface area contributed by atoms with E-state index in [1.807, 2.05) is 11.8 Å². The second kappa shape index (κ2) is 10.5. The number of fused-ring (bicyclic) bond motifs is 2. The number of unbranched alkanes of at least 4 members (excludes halogenated alkanes) is 1. The molecule has 0 radical (unpaired) electrons. The summed E-state index contributed by atoms with van der Waals surface area (Å²) in [6, 6.07) is 0. The minimum absolute atomic E-state index is 0.318.